The van der Waals surface area contributed by atoms with E-state index in [9.17, 15) is 9.59 Å². The van der Waals surface area contributed by atoms with Gasteiger partial charge in [0.1, 0.15) is 0 Å². The number of carbonyl (C=O) groups is 1. The van der Waals surface area contributed by atoms with Gasteiger partial charge in [-0.1, -0.05) is 29.8 Å². The minimum absolute atomic E-state index is 0.100. The number of amides is 2. The zero-order valence-corrected chi connectivity index (χ0v) is 15.9. The molecule has 0 radical (unpaired) electrons. The first-order valence-corrected chi connectivity index (χ1v) is 9.51. The molecule has 3 aromatic rings. The van der Waals surface area contributed by atoms with Gasteiger partial charge in [-0.25, -0.2) is 14.5 Å². The van der Waals surface area contributed by atoms with E-state index in [4.69, 9.17) is 11.6 Å². The van der Waals surface area contributed by atoms with Crippen LogP contribution in [0, 0.1) is 0 Å². The van der Waals surface area contributed by atoms with E-state index in [1.807, 2.05) is 30.3 Å². The zero-order valence-electron chi connectivity index (χ0n) is 15.2. The number of H-pyrrole nitrogens is 1. The molecule has 0 aliphatic carbocycles. The van der Waals surface area contributed by atoms with Gasteiger partial charge in [0.05, 0.1) is 12.2 Å². The third kappa shape index (κ3) is 3.80. The number of aromatic amines is 1. The molecule has 28 heavy (non-hydrogen) atoms. The number of hydrogen-bond donors (Lipinski definition) is 2. The molecular formula is C20H20ClN5O2. The number of aromatic nitrogens is 3. The van der Waals surface area contributed by atoms with Crippen molar-refractivity contribution in [2.24, 2.45) is 0 Å². The lowest BCUT2D eigenvalue weighted by Crippen LogP contribution is -2.43. The molecule has 0 saturated carbocycles. The number of nitrogens with one attached hydrogen (secondary N) is 2. The number of nitrogens with zero attached hydrogens (tertiary/aromatic N) is 3. The highest BCUT2D eigenvalue weighted by molar-refractivity contribution is 6.30. The number of rotatable bonds is 4. The number of hydrogen-bond acceptors (Lipinski definition) is 3. The number of carbonyl (C=O) groups excluding carboxylic acids is 1. The maximum atomic E-state index is 12.6. The summed E-state index contributed by atoms with van der Waals surface area (Å²) in [5, 5.41) is 6.74. The van der Waals surface area contributed by atoms with E-state index < -0.39 is 0 Å². The molecule has 0 unspecified atom stereocenters. The molecule has 0 fully saturated rings. The van der Waals surface area contributed by atoms with Crippen LogP contribution in [0.5, 0.6) is 0 Å². The molecule has 2 aromatic heterocycles. The van der Waals surface area contributed by atoms with Gasteiger partial charge in [-0.3, -0.25) is 9.89 Å². The van der Waals surface area contributed by atoms with E-state index in [1.165, 1.54) is 4.68 Å². The molecule has 2 amide bonds. The van der Waals surface area contributed by atoms with Crippen LogP contribution in [0.1, 0.15) is 16.8 Å². The average Bonchev–Trinajstić information content (AvgIpc) is 3.06. The normalized spacial score (nSPS) is 13.2. The Morgan fingerprint density at radius 1 is 1.21 bits per heavy atom. The summed E-state index contributed by atoms with van der Waals surface area (Å²) in [5.41, 5.74) is 2.49. The van der Waals surface area contributed by atoms with Crippen LogP contribution in [0.25, 0.3) is 5.82 Å². The fourth-order valence-corrected chi connectivity index (χ4v) is 3.45. The Morgan fingerprint density at radius 2 is 2.04 bits per heavy atom. The first-order chi connectivity index (χ1) is 13.6. The zero-order chi connectivity index (χ0) is 19.5. The van der Waals surface area contributed by atoms with Crippen molar-refractivity contribution in [1.82, 2.24) is 25.0 Å². The highest BCUT2D eigenvalue weighted by Crippen LogP contribution is 2.15. The fourth-order valence-electron chi connectivity index (χ4n) is 3.32. The van der Waals surface area contributed by atoms with Crippen molar-refractivity contribution in [3.63, 3.8) is 0 Å². The predicted molar refractivity (Wildman–Crippen MR) is 107 cm³/mol. The molecule has 1 aromatic carbocycles. The van der Waals surface area contributed by atoms with Gasteiger partial charge < -0.3 is 10.2 Å². The molecular weight excluding hydrogens is 378 g/mol. The summed E-state index contributed by atoms with van der Waals surface area (Å²) >= 11 is 5.88. The second kappa shape index (κ2) is 7.90. The van der Waals surface area contributed by atoms with Gasteiger partial charge in [0.25, 0.3) is 5.56 Å². The van der Waals surface area contributed by atoms with Crippen molar-refractivity contribution >= 4 is 17.6 Å². The molecule has 4 rings (SSSR count). The quantitative estimate of drug-likeness (QED) is 0.709. The van der Waals surface area contributed by atoms with Crippen LogP contribution >= 0.6 is 11.6 Å². The maximum absolute atomic E-state index is 12.6. The minimum Gasteiger partial charge on any atom is -0.338 e. The van der Waals surface area contributed by atoms with E-state index in [2.05, 4.69) is 15.4 Å². The van der Waals surface area contributed by atoms with E-state index in [1.54, 1.807) is 23.2 Å². The van der Waals surface area contributed by atoms with Crippen molar-refractivity contribution in [2.75, 3.05) is 13.1 Å². The van der Waals surface area contributed by atoms with Gasteiger partial charge >= 0.3 is 6.03 Å². The topological polar surface area (TPSA) is 83.0 Å². The molecule has 0 atom stereocenters. The van der Waals surface area contributed by atoms with Crippen LogP contribution in [0.3, 0.4) is 0 Å². The van der Waals surface area contributed by atoms with Crippen molar-refractivity contribution < 1.29 is 4.79 Å². The minimum atomic E-state index is -0.133. The van der Waals surface area contributed by atoms with E-state index in [-0.39, 0.29) is 11.6 Å². The molecule has 1 aliphatic heterocycles. The molecule has 2 N–H and O–H groups in total. The molecule has 0 saturated heterocycles. The Labute approximate surface area is 166 Å². The van der Waals surface area contributed by atoms with Crippen LogP contribution in [-0.2, 0) is 19.4 Å². The highest BCUT2D eigenvalue weighted by Gasteiger charge is 2.25. The van der Waals surface area contributed by atoms with Crippen molar-refractivity contribution in [1.29, 1.82) is 0 Å². The van der Waals surface area contributed by atoms with Gasteiger partial charge in [-0.15, -0.1) is 0 Å². The lowest BCUT2D eigenvalue weighted by Gasteiger charge is -2.26. The number of urea groups is 1. The predicted octanol–water partition coefficient (Wildman–Crippen LogP) is 2.52. The molecule has 144 valence electrons. The second-order valence-corrected chi connectivity index (χ2v) is 7.11. The number of fused-ring (bicyclic) bond motifs is 1. The number of benzene rings is 1. The summed E-state index contributed by atoms with van der Waals surface area (Å²) in [4.78, 5) is 31.0. The Hall–Kier alpha value is -3.06. The van der Waals surface area contributed by atoms with Crippen LogP contribution in [0.2, 0.25) is 5.02 Å². The Balaban J connectivity index is 1.39. The van der Waals surface area contributed by atoms with Gasteiger partial charge in [0.2, 0.25) is 0 Å². The number of halogens is 1. The third-order valence-electron chi connectivity index (χ3n) is 4.82. The Bertz CT molecular complexity index is 1030. The molecule has 3 heterocycles. The third-order valence-corrected chi connectivity index (χ3v) is 5.07. The summed E-state index contributed by atoms with van der Waals surface area (Å²) in [5.74, 6) is 0.542. The average molecular weight is 398 g/mol. The molecule has 0 spiro atoms. The largest absolute Gasteiger partial charge is 0.338 e. The van der Waals surface area contributed by atoms with E-state index in [0.717, 1.165) is 23.2 Å². The summed E-state index contributed by atoms with van der Waals surface area (Å²) in [6.45, 7) is 1.42. The van der Waals surface area contributed by atoms with Crippen LogP contribution < -0.4 is 10.9 Å². The maximum Gasteiger partial charge on any atom is 0.317 e. The van der Waals surface area contributed by atoms with Crippen LogP contribution in [0.15, 0.2) is 53.5 Å². The van der Waals surface area contributed by atoms with Gasteiger partial charge in [0, 0.05) is 29.9 Å². The van der Waals surface area contributed by atoms with E-state index >= 15 is 0 Å². The summed E-state index contributed by atoms with van der Waals surface area (Å²) in [6, 6.07) is 12.8. The molecule has 0 bridgehead atoms. The summed E-state index contributed by atoms with van der Waals surface area (Å²) in [7, 11) is 0. The summed E-state index contributed by atoms with van der Waals surface area (Å²) < 4.78 is 1.44. The number of pyridine rings is 1. The standard InChI is InChI=1S/C20H20ClN5O2/c21-15-6-4-14(5-7-15)8-11-23-20(28)25-12-9-16-17(13-25)24-26(19(16)27)18-3-1-2-10-22-18/h1-7,10,24H,8-9,11-13H2,(H,23,28). The van der Waals surface area contributed by atoms with Gasteiger partial charge in [-0.05, 0) is 42.7 Å². The molecule has 8 heteroatoms. The highest BCUT2D eigenvalue weighted by atomic mass is 35.5. The smallest absolute Gasteiger partial charge is 0.317 e. The Morgan fingerprint density at radius 3 is 2.79 bits per heavy atom. The van der Waals surface area contributed by atoms with Crippen molar-refractivity contribution in [3.05, 3.63) is 80.9 Å². The monoisotopic (exact) mass is 397 g/mol. The molecule has 7 nitrogen and oxygen atoms in total. The SMILES string of the molecule is O=C(NCCc1ccc(Cl)cc1)N1CCc2c([nH]n(-c3ccccn3)c2=O)C1. The second-order valence-electron chi connectivity index (χ2n) is 6.68. The van der Waals surface area contributed by atoms with Crippen molar-refractivity contribution in [3.8, 4) is 5.82 Å². The first-order valence-electron chi connectivity index (χ1n) is 9.13. The van der Waals surface area contributed by atoms with Crippen LogP contribution in [0.4, 0.5) is 4.79 Å². The lowest BCUT2D eigenvalue weighted by molar-refractivity contribution is 0.191. The Kier molecular flexibility index (Phi) is 5.16. The van der Waals surface area contributed by atoms with Crippen molar-refractivity contribution in [2.45, 2.75) is 19.4 Å². The first kappa shape index (κ1) is 18.3. The summed E-state index contributed by atoms with van der Waals surface area (Å²) in [6.07, 6.45) is 2.89. The van der Waals surface area contributed by atoms with Gasteiger partial charge in [0.15, 0.2) is 5.82 Å². The van der Waals surface area contributed by atoms with Crippen LogP contribution in [-0.4, -0.2) is 38.8 Å². The lowest BCUT2D eigenvalue weighted by atomic mass is 10.1. The fraction of sp³-hybridized carbons (Fsp3) is 0.250. The van der Waals surface area contributed by atoms with Gasteiger partial charge in [-0.2, -0.15) is 0 Å². The van der Waals surface area contributed by atoms with E-state index in [0.29, 0.717) is 36.9 Å². The molecule has 1 aliphatic rings.